The topological polar surface area (TPSA) is 78.1 Å². The minimum Gasteiger partial charge on any atom is -0.437 e. The fourth-order valence-electron chi connectivity index (χ4n) is 1.60. The quantitative estimate of drug-likeness (QED) is 0.883. The Morgan fingerprint density at radius 3 is 2.45 bits per heavy atom. The zero-order chi connectivity index (χ0) is 16.5. The molecule has 0 spiro atoms. The lowest BCUT2D eigenvalue weighted by Crippen LogP contribution is -2.17. The number of nitrogens with two attached hydrogens (primary N) is 1. The van der Waals surface area contributed by atoms with E-state index in [1.165, 1.54) is 13.0 Å². The Bertz CT molecular complexity index is 732. The summed E-state index contributed by atoms with van der Waals surface area (Å²) in [6.07, 6.45) is -4.78. The van der Waals surface area contributed by atoms with Crippen molar-refractivity contribution in [3.8, 4) is 11.6 Å². The molecule has 0 saturated carbocycles. The lowest BCUT2D eigenvalue weighted by molar-refractivity contribution is -0.141. The molecule has 5 nitrogen and oxygen atoms in total. The molecule has 0 aliphatic carbocycles. The van der Waals surface area contributed by atoms with E-state index in [-0.39, 0.29) is 5.75 Å². The van der Waals surface area contributed by atoms with E-state index in [9.17, 15) is 22.4 Å². The van der Waals surface area contributed by atoms with Gasteiger partial charge in [0.2, 0.25) is 0 Å². The Morgan fingerprint density at radius 1 is 1.23 bits per heavy atom. The first-order valence-electron chi connectivity index (χ1n) is 5.87. The molecule has 1 amide bonds. The first-order valence-corrected chi connectivity index (χ1v) is 5.87. The zero-order valence-corrected chi connectivity index (χ0v) is 11.1. The van der Waals surface area contributed by atoms with E-state index in [2.05, 4.69) is 10.2 Å². The summed E-state index contributed by atoms with van der Waals surface area (Å²) in [4.78, 5) is 11.3. The number of amides is 1. The average molecular weight is 315 g/mol. The van der Waals surface area contributed by atoms with Crippen LogP contribution in [0.15, 0.2) is 24.3 Å². The minimum atomic E-state index is -4.78. The molecule has 0 bridgehead atoms. The zero-order valence-electron chi connectivity index (χ0n) is 11.1. The smallest absolute Gasteiger partial charge is 0.435 e. The fourth-order valence-corrected chi connectivity index (χ4v) is 1.60. The number of nitrogens with zero attached hydrogens (tertiary/aromatic N) is 2. The molecule has 116 valence electrons. The van der Waals surface area contributed by atoms with Crippen LogP contribution in [0, 0.1) is 12.7 Å². The standard InChI is InChI=1S/C13H9F4N3O2/c1-6-4-7(14)2-3-9(6)22-12-8(11(18)21)5-10(19-20-12)13(15,16)17/h2-5H,1H3,(H2,18,21). The summed E-state index contributed by atoms with van der Waals surface area (Å²) in [5.74, 6) is -2.05. The molecule has 22 heavy (non-hydrogen) atoms. The number of benzene rings is 1. The van der Waals surface area contributed by atoms with Crippen LogP contribution in [0.25, 0.3) is 0 Å². The number of ether oxygens (including phenoxy) is 1. The number of rotatable bonds is 3. The van der Waals surface area contributed by atoms with Gasteiger partial charge in [-0.25, -0.2) is 4.39 Å². The Labute approximate surface area is 121 Å². The monoisotopic (exact) mass is 315 g/mol. The van der Waals surface area contributed by atoms with Crippen molar-refractivity contribution < 1.29 is 27.1 Å². The number of halogens is 4. The Kier molecular flexibility index (Phi) is 3.98. The van der Waals surface area contributed by atoms with Gasteiger partial charge in [0.1, 0.15) is 17.1 Å². The molecule has 9 heteroatoms. The van der Waals surface area contributed by atoms with E-state index in [1.807, 2.05) is 0 Å². The molecule has 0 unspecified atom stereocenters. The second-order valence-electron chi connectivity index (χ2n) is 4.32. The molecule has 0 atom stereocenters. The number of alkyl halides is 3. The molecular weight excluding hydrogens is 306 g/mol. The largest absolute Gasteiger partial charge is 0.437 e. The van der Waals surface area contributed by atoms with Crippen LogP contribution in [-0.2, 0) is 6.18 Å². The summed E-state index contributed by atoms with van der Waals surface area (Å²) in [7, 11) is 0. The van der Waals surface area contributed by atoms with Crippen LogP contribution < -0.4 is 10.5 Å². The van der Waals surface area contributed by atoms with Crippen molar-refractivity contribution in [2.24, 2.45) is 5.73 Å². The third-order valence-electron chi connectivity index (χ3n) is 2.66. The number of aryl methyl sites for hydroxylation is 1. The highest BCUT2D eigenvalue weighted by molar-refractivity contribution is 5.95. The highest BCUT2D eigenvalue weighted by atomic mass is 19.4. The molecule has 2 aromatic rings. The van der Waals surface area contributed by atoms with Gasteiger partial charge in [-0.3, -0.25) is 4.79 Å². The molecule has 0 aliphatic rings. The summed E-state index contributed by atoms with van der Waals surface area (Å²) < 4.78 is 55.9. The summed E-state index contributed by atoms with van der Waals surface area (Å²) >= 11 is 0. The minimum absolute atomic E-state index is 0.109. The fraction of sp³-hybridized carbons (Fsp3) is 0.154. The van der Waals surface area contributed by atoms with Gasteiger partial charge in [-0.1, -0.05) is 0 Å². The van der Waals surface area contributed by atoms with E-state index >= 15 is 0 Å². The maximum absolute atomic E-state index is 13.0. The number of carbonyl (C=O) groups is 1. The van der Waals surface area contributed by atoms with Crippen molar-refractivity contribution in [3.05, 3.63) is 46.9 Å². The lowest BCUT2D eigenvalue weighted by Gasteiger charge is -2.11. The van der Waals surface area contributed by atoms with Gasteiger partial charge in [-0.15, -0.1) is 10.2 Å². The molecule has 0 fully saturated rings. The molecule has 2 rings (SSSR count). The Hall–Kier alpha value is -2.71. The van der Waals surface area contributed by atoms with E-state index in [4.69, 9.17) is 10.5 Å². The maximum atomic E-state index is 13.0. The van der Waals surface area contributed by atoms with Crippen LogP contribution in [0.3, 0.4) is 0 Å². The molecule has 1 aromatic heterocycles. The summed E-state index contributed by atoms with van der Waals surface area (Å²) in [5.41, 5.74) is 3.44. The van der Waals surface area contributed by atoms with Crippen LogP contribution in [0.2, 0.25) is 0 Å². The van der Waals surface area contributed by atoms with Crippen LogP contribution >= 0.6 is 0 Å². The van der Waals surface area contributed by atoms with E-state index in [0.29, 0.717) is 11.6 Å². The van der Waals surface area contributed by atoms with Crippen LogP contribution in [0.4, 0.5) is 17.6 Å². The van der Waals surface area contributed by atoms with E-state index < -0.39 is 35.0 Å². The highest BCUT2D eigenvalue weighted by Crippen LogP contribution is 2.31. The van der Waals surface area contributed by atoms with Gasteiger partial charge < -0.3 is 10.5 Å². The van der Waals surface area contributed by atoms with Gasteiger partial charge in [0.25, 0.3) is 11.8 Å². The predicted molar refractivity (Wildman–Crippen MR) is 66.8 cm³/mol. The molecule has 0 saturated heterocycles. The maximum Gasteiger partial charge on any atom is 0.435 e. The third-order valence-corrected chi connectivity index (χ3v) is 2.66. The van der Waals surface area contributed by atoms with Crippen molar-refractivity contribution in [1.82, 2.24) is 10.2 Å². The number of hydrogen-bond donors (Lipinski definition) is 1. The highest BCUT2D eigenvalue weighted by Gasteiger charge is 2.34. The first-order chi connectivity index (χ1) is 10.2. The summed E-state index contributed by atoms with van der Waals surface area (Å²) in [5, 5.41) is 6.19. The second-order valence-corrected chi connectivity index (χ2v) is 4.32. The van der Waals surface area contributed by atoms with Crippen molar-refractivity contribution >= 4 is 5.91 Å². The molecule has 1 heterocycles. The van der Waals surface area contributed by atoms with Crippen molar-refractivity contribution in [2.45, 2.75) is 13.1 Å². The third kappa shape index (κ3) is 3.30. The van der Waals surface area contributed by atoms with Crippen molar-refractivity contribution in [3.63, 3.8) is 0 Å². The molecule has 0 radical (unpaired) electrons. The molecule has 1 aromatic carbocycles. The SMILES string of the molecule is Cc1cc(F)ccc1Oc1nnc(C(F)(F)F)cc1C(N)=O. The first kappa shape index (κ1) is 15.7. The number of carbonyl (C=O) groups excluding carboxylic acids is 1. The normalized spacial score (nSPS) is 11.3. The van der Waals surface area contributed by atoms with Gasteiger partial charge in [-0.2, -0.15) is 13.2 Å². The van der Waals surface area contributed by atoms with E-state index in [1.54, 1.807) is 0 Å². The van der Waals surface area contributed by atoms with Crippen LogP contribution in [0.1, 0.15) is 21.6 Å². The Balaban J connectivity index is 2.44. The van der Waals surface area contributed by atoms with Crippen LogP contribution in [0.5, 0.6) is 11.6 Å². The number of hydrogen-bond acceptors (Lipinski definition) is 4. The molecule has 2 N–H and O–H groups in total. The number of primary amides is 1. The second kappa shape index (κ2) is 5.58. The Morgan fingerprint density at radius 2 is 1.91 bits per heavy atom. The van der Waals surface area contributed by atoms with Crippen LogP contribution in [-0.4, -0.2) is 16.1 Å². The van der Waals surface area contributed by atoms with Gasteiger partial charge in [-0.05, 0) is 36.8 Å². The lowest BCUT2D eigenvalue weighted by atomic mass is 10.2. The van der Waals surface area contributed by atoms with Crippen molar-refractivity contribution in [2.75, 3.05) is 0 Å². The van der Waals surface area contributed by atoms with Gasteiger partial charge >= 0.3 is 6.18 Å². The van der Waals surface area contributed by atoms with Gasteiger partial charge in [0.15, 0.2) is 5.69 Å². The average Bonchev–Trinajstić information content (AvgIpc) is 2.40. The van der Waals surface area contributed by atoms with Gasteiger partial charge in [0.05, 0.1) is 0 Å². The number of aromatic nitrogens is 2. The molecule has 0 aliphatic heterocycles. The predicted octanol–water partition coefficient (Wildman–Crippen LogP) is 2.83. The summed E-state index contributed by atoms with van der Waals surface area (Å²) in [6.45, 7) is 1.51. The van der Waals surface area contributed by atoms with Gasteiger partial charge in [0, 0.05) is 0 Å². The van der Waals surface area contributed by atoms with E-state index in [0.717, 1.165) is 12.1 Å². The van der Waals surface area contributed by atoms with Crippen molar-refractivity contribution in [1.29, 1.82) is 0 Å². The summed E-state index contributed by atoms with van der Waals surface area (Å²) in [6, 6.07) is 3.93. The molecular formula is C13H9F4N3O2.